The molecule has 1 aromatic carbocycles. The Morgan fingerprint density at radius 3 is 2.04 bits per heavy atom. The molecule has 0 atom stereocenters. The number of Topliss-reactive ketones (excluding diaryl/α,β-unsaturated/α-hetero) is 1. The normalized spacial score (nSPS) is 11.4. The molecule has 0 saturated carbocycles. The molecule has 0 spiro atoms. The van der Waals surface area contributed by atoms with Crippen molar-refractivity contribution in [3.05, 3.63) is 35.4 Å². The Hall–Kier alpha value is -1.76. The molecule has 6 nitrogen and oxygen atoms in total. The molecule has 1 rings (SSSR count). The van der Waals surface area contributed by atoms with Crippen LogP contribution in [0.15, 0.2) is 24.3 Å². The lowest BCUT2D eigenvalue weighted by Gasteiger charge is -2.19. The Balaban J connectivity index is 2.21. The van der Waals surface area contributed by atoms with Crippen molar-refractivity contribution in [3.8, 4) is 0 Å². The van der Waals surface area contributed by atoms with Crippen LogP contribution in [0, 0.1) is 0 Å². The number of esters is 1. The van der Waals surface area contributed by atoms with Gasteiger partial charge in [-0.1, -0.05) is 12.1 Å². The summed E-state index contributed by atoms with van der Waals surface area (Å²) in [5.74, 6) is -0.539. The largest absolute Gasteiger partial charge is 0.456 e. The molecule has 152 valence electrons. The fourth-order valence-corrected chi connectivity index (χ4v) is 2.22. The van der Waals surface area contributed by atoms with E-state index in [0.29, 0.717) is 30.9 Å². The first-order valence-electron chi connectivity index (χ1n) is 9.34. The first-order chi connectivity index (χ1) is 12.8. The highest BCUT2D eigenvalue weighted by atomic mass is 16.6. The third-order valence-electron chi connectivity index (χ3n) is 3.58. The van der Waals surface area contributed by atoms with Gasteiger partial charge < -0.3 is 18.9 Å². The van der Waals surface area contributed by atoms with Crippen molar-refractivity contribution < 1.29 is 28.5 Å². The van der Waals surface area contributed by atoms with Gasteiger partial charge >= 0.3 is 5.97 Å². The third-order valence-corrected chi connectivity index (χ3v) is 3.58. The molecule has 1 aromatic rings. The van der Waals surface area contributed by atoms with E-state index in [9.17, 15) is 9.59 Å². The second-order valence-electron chi connectivity index (χ2n) is 7.22. The number of carbonyl (C=O) groups is 2. The van der Waals surface area contributed by atoms with Gasteiger partial charge in [0.15, 0.2) is 5.78 Å². The molecule has 0 aliphatic heterocycles. The summed E-state index contributed by atoms with van der Waals surface area (Å²) < 4.78 is 21.1. The van der Waals surface area contributed by atoms with Gasteiger partial charge in [-0.05, 0) is 52.2 Å². The lowest BCUT2D eigenvalue weighted by molar-refractivity contribution is 0.00692. The monoisotopic (exact) mass is 380 g/mol. The molecular formula is C21H32O6. The summed E-state index contributed by atoms with van der Waals surface area (Å²) in [6, 6.07) is 6.41. The number of ketones is 1. The van der Waals surface area contributed by atoms with Crippen LogP contribution in [0.1, 0.15) is 60.7 Å². The lowest BCUT2D eigenvalue weighted by atomic mass is 10.1. The van der Waals surface area contributed by atoms with Crippen molar-refractivity contribution in [3.63, 3.8) is 0 Å². The van der Waals surface area contributed by atoms with Gasteiger partial charge in [0.05, 0.1) is 18.8 Å². The molecule has 0 unspecified atom stereocenters. The maximum absolute atomic E-state index is 12.1. The van der Waals surface area contributed by atoms with Crippen LogP contribution >= 0.6 is 0 Å². The van der Waals surface area contributed by atoms with Gasteiger partial charge in [0.2, 0.25) is 0 Å². The highest BCUT2D eigenvalue weighted by molar-refractivity contribution is 5.98. The van der Waals surface area contributed by atoms with Crippen LogP contribution in [0.4, 0.5) is 0 Å². The van der Waals surface area contributed by atoms with Gasteiger partial charge in [-0.15, -0.1) is 0 Å². The highest BCUT2D eigenvalue weighted by Gasteiger charge is 2.18. The maximum atomic E-state index is 12.1. The minimum atomic E-state index is -0.550. The van der Waals surface area contributed by atoms with Crippen LogP contribution in [0.2, 0.25) is 0 Å². The molecule has 0 heterocycles. The van der Waals surface area contributed by atoms with Crippen molar-refractivity contribution in [2.75, 3.05) is 40.1 Å². The van der Waals surface area contributed by atoms with Crippen LogP contribution in [0.5, 0.6) is 0 Å². The minimum absolute atomic E-state index is 0.0109. The Kier molecular flexibility index (Phi) is 10.9. The lowest BCUT2D eigenvalue weighted by Crippen LogP contribution is -2.23. The number of ether oxygens (including phenoxy) is 4. The van der Waals surface area contributed by atoms with Crippen LogP contribution in [0.3, 0.4) is 0 Å². The van der Waals surface area contributed by atoms with E-state index in [1.807, 2.05) is 20.8 Å². The van der Waals surface area contributed by atoms with E-state index in [4.69, 9.17) is 18.9 Å². The zero-order valence-corrected chi connectivity index (χ0v) is 16.9. The number of hydrogen-bond donors (Lipinski definition) is 0. The van der Waals surface area contributed by atoms with E-state index in [2.05, 4.69) is 0 Å². The second-order valence-corrected chi connectivity index (χ2v) is 7.22. The van der Waals surface area contributed by atoms with E-state index in [1.165, 1.54) is 0 Å². The first kappa shape index (κ1) is 23.3. The Labute approximate surface area is 162 Å². The first-order valence-corrected chi connectivity index (χ1v) is 9.34. The molecular weight excluding hydrogens is 348 g/mol. The van der Waals surface area contributed by atoms with Crippen molar-refractivity contribution in [2.24, 2.45) is 0 Å². The van der Waals surface area contributed by atoms with Crippen LogP contribution in [-0.4, -0.2) is 57.5 Å². The molecule has 0 fully saturated rings. The molecule has 0 saturated heterocycles. The summed E-state index contributed by atoms with van der Waals surface area (Å²) >= 11 is 0. The molecule has 0 aromatic heterocycles. The van der Waals surface area contributed by atoms with Crippen LogP contribution in [0.25, 0.3) is 0 Å². The van der Waals surface area contributed by atoms with E-state index in [1.54, 1.807) is 31.4 Å². The summed E-state index contributed by atoms with van der Waals surface area (Å²) in [6.45, 7) is 7.73. The van der Waals surface area contributed by atoms with Gasteiger partial charge in [0.25, 0.3) is 0 Å². The second kappa shape index (κ2) is 12.6. The van der Waals surface area contributed by atoms with Crippen molar-refractivity contribution in [1.82, 2.24) is 0 Å². The maximum Gasteiger partial charge on any atom is 0.338 e. The number of unbranched alkanes of at least 4 members (excludes halogenated alkanes) is 2. The Morgan fingerprint density at radius 2 is 1.41 bits per heavy atom. The highest BCUT2D eigenvalue weighted by Crippen LogP contribution is 2.13. The van der Waals surface area contributed by atoms with E-state index < -0.39 is 11.6 Å². The molecule has 0 bridgehead atoms. The average molecular weight is 380 g/mol. The van der Waals surface area contributed by atoms with E-state index in [-0.39, 0.29) is 12.4 Å². The summed E-state index contributed by atoms with van der Waals surface area (Å²) in [5.41, 5.74) is 0.369. The van der Waals surface area contributed by atoms with Crippen LogP contribution < -0.4 is 0 Å². The van der Waals surface area contributed by atoms with Gasteiger partial charge in [0.1, 0.15) is 12.2 Å². The molecule has 0 aliphatic carbocycles. The number of carbonyl (C=O) groups excluding carboxylic acids is 2. The van der Waals surface area contributed by atoms with Crippen molar-refractivity contribution in [2.45, 2.75) is 45.6 Å². The molecule has 0 radical (unpaired) electrons. The fourth-order valence-electron chi connectivity index (χ4n) is 2.22. The predicted octanol–water partition coefficient (Wildman–Crippen LogP) is 3.67. The summed E-state index contributed by atoms with van der Waals surface area (Å²) in [4.78, 5) is 24.1. The van der Waals surface area contributed by atoms with Crippen molar-refractivity contribution >= 4 is 11.8 Å². The fraction of sp³-hybridized carbons (Fsp3) is 0.619. The Morgan fingerprint density at radius 1 is 0.815 bits per heavy atom. The van der Waals surface area contributed by atoms with Gasteiger partial charge in [-0.25, -0.2) is 4.79 Å². The summed E-state index contributed by atoms with van der Waals surface area (Å²) in [7, 11) is 1.70. The van der Waals surface area contributed by atoms with Gasteiger partial charge in [-0.3, -0.25) is 4.79 Å². The van der Waals surface area contributed by atoms with Crippen molar-refractivity contribution in [1.29, 1.82) is 0 Å². The summed E-state index contributed by atoms with van der Waals surface area (Å²) in [5, 5.41) is 0. The third kappa shape index (κ3) is 10.9. The Bertz CT molecular complexity index is 559. The zero-order chi connectivity index (χ0) is 20.1. The number of hydrogen-bond acceptors (Lipinski definition) is 6. The number of methoxy groups -OCH3 is 1. The predicted molar refractivity (Wildman–Crippen MR) is 103 cm³/mol. The van der Waals surface area contributed by atoms with E-state index >= 15 is 0 Å². The zero-order valence-electron chi connectivity index (χ0n) is 16.9. The van der Waals surface area contributed by atoms with Gasteiger partial charge in [0, 0.05) is 25.9 Å². The van der Waals surface area contributed by atoms with E-state index in [0.717, 1.165) is 25.9 Å². The smallest absolute Gasteiger partial charge is 0.338 e. The molecule has 0 amide bonds. The quantitative estimate of drug-likeness (QED) is 0.295. The summed E-state index contributed by atoms with van der Waals surface area (Å²) in [6.07, 6.45) is 3.11. The molecule has 0 aliphatic rings. The topological polar surface area (TPSA) is 71.1 Å². The standard InChI is InChI=1S/C21H32O6/c1-21(2,3)27-20(23)18-10-8-17(9-11-18)19(22)16-26-15-14-25-13-7-5-6-12-24-4/h8-11H,5-7,12-16H2,1-4H3. The minimum Gasteiger partial charge on any atom is -0.456 e. The molecule has 27 heavy (non-hydrogen) atoms. The average Bonchev–Trinajstić information content (AvgIpc) is 2.62. The molecule has 0 N–H and O–H groups in total. The SMILES string of the molecule is COCCCCCOCCOCC(=O)c1ccc(C(=O)OC(C)(C)C)cc1. The number of benzene rings is 1. The van der Waals surface area contributed by atoms with Crippen LogP contribution in [-0.2, 0) is 18.9 Å². The number of rotatable bonds is 13. The van der Waals surface area contributed by atoms with Gasteiger partial charge in [-0.2, -0.15) is 0 Å². The molecule has 6 heteroatoms.